The van der Waals surface area contributed by atoms with Crippen LogP contribution >= 0.6 is 0 Å². The average Bonchev–Trinajstić information content (AvgIpc) is 3.38. The molecule has 2 N–H and O–H groups in total. The summed E-state index contributed by atoms with van der Waals surface area (Å²) in [6.07, 6.45) is 5.55. The molecule has 216 valence electrons. The van der Waals surface area contributed by atoms with Gasteiger partial charge in [-0.3, -0.25) is 4.79 Å². The normalized spacial score (nSPS) is 15.1. The predicted octanol–water partition coefficient (Wildman–Crippen LogP) is 3.17. The Morgan fingerprint density at radius 3 is 2.74 bits per heavy atom. The van der Waals surface area contributed by atoms with Crippen molar-refractivity contribution in [3.8, 4) is 23.3 Å². The minimum absolute atomic E-state index is 0.0762. The lowest BCUT2D eigenvalue weighted by molar-refractivity contribution is -0.127. The fourth-order valence-electron chi connectivity index (χ4n) is 4.75. The van der Waals surface area contributed by atoms with Gasteiger partial charge in [0.1, 0.15) is 42.6 Å². The fraction of sp³-hybridized carbons (Fsp3) is 0.267. The molecule has 1 saturated heterocycles. The lowest BCUT2D eigenvalue weighted by atomic mass is 10.1. The molecule has 0 spiro atoms. The Morgan fingerprint density at radius 1 is 1.17 bits per heavy atom. The van der Waals surface area contributed by atoms with Crippen LogP contribution in [0.25, 0.3) is 11.0 Å². The Bertz CT molecular complexity index is 1810. The van der Waals surface area contributed by atoms with Gasteiger partial charge in [0.25, 0.3) is 0 Å². The van der Waals surface area contributed by atoms with Gasteiger partial charge in [0.15, 0.2) is 15.5 Å². The summed E-state index contributed by atoms with van der Waals surface area (Å²) in [4.78, 5) is 22.7. The molecule has 2 aromatic carbocycles. The number of piperidine rings is 1. The standard InChI is InChI=1S/C30H30N6O5S/c1-3-27(37)35-14-6-9-22(18-35)36-30-28(29(31)32-20-33-30)26(34-36)13-7-15-40-23-10-5-11-24(17-23)41-19-21-8-4-12-25(16-21)42(2,38)39/h3-5,8,10-12,16-17,20,22H,1,6,9,14-15,18-19H2,2H3,(H2,31,32,33)/t22-/m1/s1. The number of hydrogen-bond acceptors (Lipinski definition) is 9. The van der Waals surface area contributed by atoms with Crippen molar-refractivity contribution in [2.24, 2.45) is 0 Å². The molecule has 1 amide bonds. The summed E-state index contributed by atoms with van der Waals surface area (Å²) in [6.45, 7) is 5.03. The second-order valence-corrected chi connectivity index (χ2v) is 11.8. The van der Waals surface area contributed by atoms with Crippen molar-refractivity contribution < 1.29 is 22.7 Å². The number of carbonyl (C=O) groups excluding carboxylic acids is 1. The van der Waals surface area contributed by atoms with Gasteiger partial charge in [0.2, 0.25) is 5.91 Å². The number of fused-ring (bicyclic) bond motifs is 1. The van der Waals surface area contributed by atoms with E-state index in [1.165, 1.54) is 18.7 Å². The van der Waals surface area contributed by atoms with Gasteiger partial charge < -0.3 is 20.1 Å². The molecule has 1 atom stereocenters. The Balaban J connectivity index is 1.27. The fourth-order valence-corrected chi connectivity index (χ4v) is 5.44. The molecule has 1 aliphatic rings. The zero-order chi connectivity index (χ0) is 29.7. The predicted molar refractivity (Wildman–Crippen MR) is 157 cm³/mol. The number of carbonyl (C=O) groups is 1. The van der Waals surface area contributed by atoms with Crippen molar-refractivity contribution in [2.45, 2.75) is 30.4 Å². The number of aromatic nitrogens is 4. The maximum atomic E-state index is 12.2. The van der Waals surface area contributed by atoms with E-state index in [1.807, 2.05) is 0 Å². The van der Waals surface area contributed by atoms with Crippen molar-refractivity contribution in [1.82, 2.24) is 24.6 Å². The molecular weight excluding hydrogens is 556 g/mol. The quantitative estimate of drug-likeness (QED) is 0.243. The number of nitrogen functional groups attached to an aromatic ring is 1. The smallest absolute Gasteiger partial charge is 0.246 e. The van der Waals surface area contributed by atoms with Crippen LogP contribution in [0.15, 0.2) is 72.4 Å². The number of anilines is 1. The summed E-state index contributed by atoms with van der Waals surface area (Å²) >= 11 is 0. The number of nitrogens with two attached hydrogens (primary N) is 1. The number of benzene rings is 2. The third-order valence-corrected chi connectivity index (χ3v) is 7.91. The summed E-state index contributed by atoms with van der Waals surface area (Å²) in [5.74, 6) is 7.31. The molecule has 4 aromatic rings. The van der Waals surface area contributed by atoms with Crippen LogP contribution in [0.5, 0.6) is 11.5 Å². The number of likely N-dealkylation sites (tertiary alicyclic amines) is 1. The second-order valence-electron chi connectivity index (χ2n) is 9.81. The second kappa shape index (κ2) is 12.3. The van der Waals surface area contributed by atoms with E-state index in [0.29, 0.717) is 41.3 Å². The van der Waals surface area contributed by atoms with E-state index in [-0.39, 0.29) is 35.9 Å². The van der Waals surface area contributed by atoms with Crippen LogP contribution in [-0.4, -0.2) is 64.9 Å². The molecule has 0 unspecified atom stereocenters. The zero-order valence-corrected chi connectivity index (χ0v) is 23.9. The molecule has 1 aliphatic heterocycles. The topological polar surface area (TPSA) is 143 Å². The molecule has 11 nitrogen and oxygen atoms in total. The molecule has 0 radical (unpaired) electrons. The summed E-state index contributed by atoms with van der Waals surface area (Å²) < 4.78 is 37.1. The highest BCUT2D eigenvalue weighted by molar-refractivity contribution is 7.90. The van der Waals surface area contributed by atoms with Crippen LogP contribution in [-0.2, 0) is 21.2 Å². The van der Waals surface area contributed by atoms with Gasteiger partial charge in [0, 0.05) is 25.4 Å². The summed E-state index contributed by atoms with van der Waals surface area (Å²) in [5, 5.41) is 5.27. The summed E-state index contributed by atoms with van der Waals surface area (Å²) in [6, 6.07) is 13.7. The van der Waals surface area contributed by atoms with Crippen molar-refractivity contribution >= 4 is 32.6 Å². The maximum Gasteiger partial charge on any atom is 0.246 e. The number of amides is 1. The van der Waals surface area contributed by atoms with E-state index in [4.69, 9.17) is 20.3 Å². The first-order valence-corrected chi connectivity index (χ1v) is 15.2. The van der Waals surface area contributed by atoms with Gasteiger partial charge >= 0.3 is 0 Å². The molecular formula is C30H30N6O5S. The number of rotatable bonds is 8. The Kier molecular flexibility index (Phi) is 8.40. The first kappa shape index (κ1) is 28.6. The molecule has 1 fully saturated rings. The van der Waals surface area contributed by atoms with Crippen molar-refractivity contribution in [1.29, 1.82) is 0 Å². The number of hydrogen-bond donors (Lipinski definition) is 1. The van der Waals surface area contributed by atoms with E-state index in [9.17, 15) is 13.2 Å². The molecule has 0 saturated carbocycles. The molecule has 2 aromatic heterocycles. The first-order chi connectivity index (χ1) is 20.2. The summed E-state index contributed by atoms with van der Waals surface area (Å²) in [7, 11) is -3.30. The molecule has 0 aliphatic carbocycles. The van der Waals surface area contributed by atoms with E-state index in [1.54, 1.807) is 58.1 Å². The van der Waals surface area contributed by atoms with Crippen LogP contribution in [0.1, 0.15) is 30.1 Å². The highest BCUT2D eigenvalue weighted by Crippen LogP contribution is 2.28. The Morgan fingerprint density at radius 2 is 1.95 bits per heavy atom. The van der Waals surface area contributed by atoms with Crippen LogP contribution in [0.4, 0.5) is 5.82 Å². The largest absolute Gasteiger partial charge is 0.489 e. The SMILES string of the molecule is C=CC(=O)N1CCC[C@@H](n2nc(C#CCOc3cccc(OCc4cccc(S(C)(=O)=O)c4)c3)c3c(N)ncnc32)C1. The molecule has 12 heteroatoms. The van der Waals surface area contributed by atoms with Crippen LogP contribution in [0.2, 0.25) is 0 Å². The van der Waals surface area contributed by atoms with Gasteiger partial charge in [-0.2, -0.15) is 5.10 Å². The van der Waals surface area contributed by atoms with Crippen molar-refractivity contribution in [3.05, 3.63) is 78.8 Å². The third kappa shape index (κ3) is 6.53. The van der Waals surface area contributed by atoms with Crippen LogP contribution < -0.4 is 15.2 Å². The van der Waals surface area contributed by atoms with E-state index < -0.39 is 9.84 Å². The lowest BCUT2D eigenvalue weighted by Crippen LogP contribution is -2.40. The lowest BCUT2D eigenvalue weighted by Gasteiger charge is -2.32. The zero-order valence-electron chi connectivity index (χ0n) is 23.1. The maximum absolute atomic E-state index is 12.2. The Labute approximate surface area is 243 Å². The molecule has 0 bridgehead atoms. The van der Waals surface area contributed by atoms with Gasteiger partial charge in [0.05, 0.1) is 16.3 Å². The van der Waals surface area contributed by atoms with Crippen molar-refractivity contribution in [2.75, 3.05) is 31.7 Å². The molecule has 3 heterocycles. The van der Waals surface area contributed by atoms with Crippen LogP contribution in [0, 0.1) is 11.8 Å². The highest BCUT2D eigenvalue weighted by Gasteiger charge is 2.27. The summed E-state index contributed by atoms with van der Waals surface area (Å²) in [5.41, 5.74) is 7.92. The van der Waals surface area contributed by atoms with Gasteiger partial charge in [-0.1, -0.05) is 30.7 Å². The van der Waals surface area contributed by atoms with Gasteiger partial charge in [-0.05, 0) is 54.7 Å². The minimum Gasteiger partial charge on any atom is -0.489 e. The van der Waals surface area contributed by atoms with E-state index in [2.05, 4.69) is 28.4 Å². The third-order valence-electron chi connectivity index (χ3n) is 6.80. The molecule has 5 rings (SSSR count). The van der Waals surface area contributed by atoms with Gasteiger partial charge in [-0.15, -0.1) is 0 Å². The Hall–Kier alpha value is -4.89. The van der Waals surface area contributed by atoms with Gasteiger partial charge in [-0.25, -0.2) is 23.1 Å². The number of ether oxygens (including phenoxy) is 2. The van der Waals surface area contributed by atoms with E-state index >= 15 is 0 Å². The first-order valence-electron chi connectivity index (χ1n) is 13.3. The highest BCUT2D eigenvalue weighted by atomic mass is 32.2. The van der Waals surface area contributed by atoms with Crippen LogP contribution in [0.3, 0.4) is 0 Å². The average molecular weight is 587 g/mol. The number of nitrogens with zero attached hydrogens (tertiary/aromatic N) is 5. The van der Waals surface area contributed by atoms with E-state index in [0.717, 1.165) is 18.4 Å². The van der Waals surface area contributed by atoms with Crippen molar-refractivity contribution in [3.63, 3.8) is 0 Å². The minimum atomic E-state index is -3.30. The monoisotopic (exact) mass is 586 g/mol. The molecule has 42 heavy (non-hydrogen) atoms. The number of sulfone groups is 1.